The van der Waals surface area contributed by atoms with E-state index in [2.05, 4.69) is 25.9 Å². The zero-order valence-electron chi connectivity index (χ0n) is 18.4. The van der Waals surface area contributed by atoms with Gasteiger partial charge < -0.3 is 5.11 Å². The Hall–Kier alpha value is -1.16. The average Bonchev–Trinajstić information content (AvgIpc) is 3.29. The number of ketones is 1. The van der Waals surface area contributed by atoms with Crippen LogP contribution in [0.4, 0.5) is 0 Å². The molecule has 4 aliphatic rings. The van der Waals surface area contributed by atoms with Crippen LogP contribution in [0, 0.1) is 46.8 Å². The van der Waals surface area contributed by atoms with E-state index in [-0.39, 0.29) is 11.3 Å². The Morgan fingerprint density at radius 2 is 1.97 bits per heavy atom. The number of aliphatic hydroxyl groups is 1. The van der Waals surface area contributed by atoms with E-state index in [9.17, 15) is 9.90 Å². The summed E-state index contributed by atoms with van der Waals surface area (Å²) in [6.07, 6.45) is 13.3. The first-order valence-corrected chi connectivity index (χ1v) is 12.0. The van der Waals surface area contributed by atoms with Crippen molar-refractivity contribution in [3.8, 4) is 0 Å². The standard InChI is InChI=1S/C25H38N2O2/c1-16-13-20-17(14-25(16,3)29)5-6-19-18(20)9-10-24(2)21(19)7-8-22(24)23(28)15-27-12-4-11-26-27/h4,11-12,16-22,29H,5-10,13-15H2,1-3H3/t16-,17+,18+,19-,20+,21+,22-,24+,25+/m1/s1. The van der Waals surface area contributed by atoms with E-state index in [1.807, 2.05) is 12.3 Å². The molecule has 0 amide bonds. The lowest BCUT2D eigenvalue weighted by Gasteiger charge is -2.58. The maximum atomic E-state index is 13.2. The fourth-order valence-electron chi connectivity index (χ4n) is 8.44. The molecule has 4 nitrogen and oxygen atoms in total. The summed E-state index contributed by atoms with van der Waals surface area (Å²) < 4.78 is 1.80. The summed E-state index contributed by atoms with van der Waals surface area (Å²) in [5.74, 6) is 4.86. The molecule has 1 N–H and O–H groups in total. The minimum Gasteiger partial charge on any atom is -0.390 e. The van der Waals surface area contributed by atoms with Crippen LogP contribution in [0.5, 0.6) is 0 Å². The molecule has 4 heteroatoms. The number of Topliss-reactive ketones (excluding diaryl/α,β-unsaturated/α-hetero) is 1. The first-order chi connectivity index (χ1) is 13.8. The lowest BCUT2D eigenvalue weighted by Crippen LogP contribution is -2.53. The van der Waals surface area contributed by atoms with Gasteiger partial charge in [0, 0.05) is 18.3 Å². The largest absolute Gasteiger partial charge is 0.390 e. The molecule has 0 aliphatic heterocycles. The number of aromatic nitrogens is 2. The van der Waals surface area contributed by atoms with Crippen molar-refractivity contribution in [1.29, 1.82) is 0 Å². The molecule has 9 atom stereocenters. The molecular weight excluding hydrogens is 360 g/mol. The molecule has 4 fully saturated rings. The normalized spacial score (nSPS) is 49.2. The Kier molecular flexibility index (Phi) is 4.73. The molecule has 4 aliphatic carbocycles. The topological polar surface area (TPSA) is 55.1 Å². The van der Waals surface area contributed by atoms with Crippen molar-refractivity contribution >= 4 is 5.78 Å². The van der Waals surface area contributed by atoms with Crippen LogP contribution in [-0.4, -0.2) is 26.3 Å². The Labute approximate surface area is 175 Å². The summed E-state index contributed by atoms with van der Waals surface area (Å²) in [5, 5.41) is 15.1. The molecule has 0 radical (unpaired) electrons. The van der Waals surface area contributed by atoms with Crippen molar-refractivity contribution in [2.45, 2.75) is 84.3 Å². The maximum absolute atomic E-state index is 13.2. The van der Waals surface area contributed by atoms with E-state index < -0.39 is 5.60 Å². The van der Waals surface area contributed by atoms with E-state index >= 15 is 0 Å². The van der Waals surface area contributed by atoms with Gasteiger partial charge in [-0.1, -0.05) is 13.8 Å². The van der Waals surface area contributed by atoms with E-state index in [1.165, 1.54) is 38.5 Å². The highest BCUT2D eigenvalue weighted by Crippen LogP contribution is 2.65. The van der Waals surface area contributed by atoms with Gasteiger partial charge >= 0.3 is 0 Å². The third-order valence-corrected chi connectivity index (χ3v) is 10.1. The highest BCUT2D eigenvalue weighted by Gasteiger charge is 2.59. The third-order valence-electron chi connectivity index (χ3n) is 10.1. The second-order valence-corrected chi connectivity index (χ2v) is 11.5. The van der Waals surface area contributed by atoms with Crippen molar-refractivity contribution in [2.24, 2.45) is 46.8 Å². The predicted octanol–water partition coefficient (Wildman–Crippen LogP) is 4.72. The summed E-state index contributed by atoms with van der Waals surface area (Å²) in [7, 11) is 0. The zero-order valence-corrected chi connectivity index (χ0v) is 18.4. The van der Waals surface area contributed by atoms with E-state index in [1.54, 1.807) is 10.9 Å². The molecule has 1 heterocycles. The summed E-state index contributed by atoms with van der Waals surface area (Å²) in [4.78, 5) is 13.2. The lowest BCUT2D eigenvalue weighted by atomic mass is 9.48. The summed E-state index contributed by atoms with van der Waals surface area (Å²) >= 11 is 0. The highest BCUT2D eigenvalue weighted by molar-refractivity contribution is 5.82. The Balaban J connectivity index is 1.33. The number of carbonyl (C=O) groups excluding carboxylic acids is 1. The van der Waals surface area contributed by atoms with Gasteiger partial charge in [0.15, 0.2) is 5.78 Å². The second kappa shape index (κ2) is 6.93. The lowest BCUT2D eigenvalue weighted by molar-refractivity contribution is -0.137. The smallest absolute Gasteiger partial charge is 0.157 e. The zero-order chi connectivity index (χ0) is 20.4. The van der Waals surface area contributed by atoms with E-state index in [0.29, 0.717) is 30.1 Å². The number of fused-ring (bicyclic) bond motifs is 5. The average molecular weight is 399 g/mol. The van der Waals surface area contributed by atoms with Crippen LogP contribution in [0.25, 0.3) is 0 Å². The van der Waals surface area contributed by atoms with Crippen LogP contribution in [0.2, 0.25) is 0 Å². The SMILES string of the molecule is C[C@@H]1C[C@H]2[C@@H](CC[C@@H]3[C@@H]2CC[C@]2(C)[C@@H](C(=O)Cn4cccn4)CC[C@@H]32)C[C@]1(C)O. The van der Waals surface area contributed by atoms with Crippen LogP contribution in [0.3, 0.4) is 0 Å². The number of hydrogen-bond acceptors (Lipinski definition) is 3. The number of rotatable bonds is 3. The Bertz CT molecular complexity index is 757. The fourth-order valence-corrected chi connectivity index (χ4v) is 8.44. The molecule has 0 aromatic carbocycles. The second-order valence-electron chi connectivity index (χ2n) is 11.5. The molecule has 1 aromatic heterocycles. The fraction of sp³-hybridized carbons (Fsp3) is 0.840. The number of hydrogen-bond donors (Lipinski definition) is 1. The molecule has 29 heavy (non-hydrogen) atoms. The summed E-state index contributed by atoms with van der Waals surface area (Å²) in [6.45, 7) is 7.19. The van der Waals surface area contributed by atoms with Crippen molar-refractivity contribution in [3.05, 3.63) is 18.5 Å². The van der Waals surface area contributed by atoms with Gasteiger partial charge in [-0.2, -0.15) is 5.10 Å². The van der Waals surface area contributed by atoms with Crippen LogP contribution in [-0.2, 0) is 11.3 Å². The van der Waals surface area contributed by atoms with Crippen LogP contribution in [0.15, 0.2) is 18.5 Å². The molecule has 160 valence electrons. The molecule has 0 spiro atoms. The minimum absolute atomic E-state index is 0.185. The quantitative estimate of drug-likeness (QED) is 0.802. The molecular formula is C25H38N2O2. The van der Waals surface area contributed by atoms with Crippen molar-refractivity contribution in [3.63, 3.8) is 0 Å². The highest BCUT2D eigenvalue weighted by atomic mass is 16.3. The molecule has 4 saturated carbocycles. The predicted molar refractivity (Wildman–Crippen MR) is 113 cm³/mol. The summed E-state index contributed by atoms with van der Waals surface area (Å²) in [6, 6.07) is 1.90. The first-order valence-electron chi connectivity index (χ1n) is 12.0. The molecule has 0 unspecified atom stereocenters. The van der Waals surface area contributed by atoms with Crippen molar-refractivity contribution < 1.29 is 9.90 Å². The van der Waals surface area contributed by atoms with Gasteiger partial charge in [-0.05, 0) is 105 Å². The number of nitrogens with zero attached hydrogens (tertiary/aromatic N) is 2. The number of carbonyl (C=O) groups is 1. The van der Waals surface area contributed by atoms with E-state index in [0.717, 1.165) is 30.6 Å². The summed E-state index contributed by atoms with van der Waals surface area (Å²) in [5.41, 5.74) is -0.293. The molecule has 0 bridgehead atoms. The van der Waals surface area contributed by atoms with Crippen molar-refractivity contribution in [1.82, 2.24) is 9.78 Å². The van der Waals surface area contributed by atoms with Gasteiger partial charge in [-0.25, -0.2) is 0 Å². The van der Waals surface area contributed by atoms with Gasteiger partial charge in [0.2, 0.25) is 0 Å². The van der Waals surface area contributed by atoms with Gasteiger partial charge in [0.25, 0.3) is 0 Å². The Morgan fingerprint density at radius 1 is 1.14 bits per heavy atom. The monoisotopic (exact) mass is 398 g/mol. The molecule has 1 aromatic rings. The van der Waals surface area contributed by atoms with Gasteiger partial charge in [0.05, 0.1) is 12.1 Å². The molecule has 0 saturated heterocycles. The Morgan fingerprint density at radius 3 is 2.72 bits per heavy atom. The minimum atomic E-state index is -0.478. The van der Waals surface area contributed by atoms with Gasteiger partial charge in [-0.3, -0.25) is 9.48 Å². The van der Waals surface area contributed by atoms with Crippen LogP contribution >= 0.6 is 0 Å². The van der Waals surface area contributed by atoms with Crippen LogP contribution < -0.4 is 0 Å². The third kappa shape index (κ3) is 3.12. The van der Waals surface area contributed by atoms with Crippen LogP contribution in [0.1, 0.15) is 72.1 Å². The first kappa shape index (κ1) is 19.8. The van der Waals surface area contributed by atoms with Gasteiger partial charge in [0.1, 0.15) is 0 Å². The maximum Gasteiger partial charge on any atom is 0.157 e. The van der Waals surface area contributed by atoms with Crippen molar-refractivity contribution in [2.75, 3.05) is 0 Å². The van der Waals surface area contributed by atoms with E-state index in [4.69, 9.17) is 0 Å². The van der Waals surface area contributed by atoms with Gasteiger partial charge in [-0.15, -0.1) is 0 Å². The molecule has 5 rings (SSSR count).